The molecule has 0 bridgehead atoms. The van der Waals surface area contributed by atoms with Crippen molar-refractivity contribution in [3.05, 3.63) is 45.9 Å². The fourth-order valence-corrected chi connectivity index (χ4v) is 3.00. The number of thioether (sulfide) groups is 1. The maximum absolute atomic E-state index is 11.7. The molecule has 0 saturated heterocycles. The highest BCUT2D eigenvalue weighted by Gasteiger charge is 2.05. The van der Waals surface area contributed by atoms with E-state index in [0.717, 1.165) is 21.2 Å². The van der Waals surface area contributed by atoms with Crippen LogP contribution in [0.1, 0.15) is 10.4 Å². The van der Waals surface area contributed by atoms with E-state index < -0.39 is 0 Å². The largest absolute Gasteiger partial charge is 0.301 e. The van der Waals surface area contributed by atoms with Crippen LogP contribution in [0.15, 0.2) is 30.5 Å². The third-order valence-corrected chi connectivity index (χ3v) is 4.37. The van der Waals surface area contributed by atoms with E-state index in [1.807, 2.05) is 31.2 Å². The number of rotatable bonds is 5. The topological polar surface area (TPSA) is 42.0 Å². The number of carbonyl (C=O) groups is 1. The van der Waals surface area contributed by atoms with Gasteiger partial charge in [-0.2, -0.15) is 0 Å². The molecule has 6 heteroatoms. The number of nitrogens with one attached hydrogen (secondary N) is 1. The van der Waals surface area contributed by atoms with Crippen molar-refractivity contribution < 1.29 is 4.79 Å². The van der Waals surface area contributed by atoms with Gasteiger partial charge in [-0.05, 0) is 24.6 Å². The average molecular weight is 313 g/mol. The SMILES string of the molecule is Cc1cnc(NC(=O)CSCc2ccc(Cl)cc2)s1. The Morgan fingerprint density at radius 3 is 2.79 bits per heavy atom. The zero-order valence-corrected chi connectivity index (χ0v) is 12.7. The van der Waals surface area contributed by atoms with Gasteiger partial charge in [0.1, 0.15) is 0 Å². The lowest BCUT2D eigenvalue weighted by Gasteiger charge is -2.02. The Kier molecular flexibility index (Phi) is 5.24. The van der Waals surface area contributed by atoms with Crippen molar-refractivity contribution in [3.8, 4) is 0 Å². The van der Waals surface area contributed by atoms with Gasteiger partial charge in [0.15, 0.2) is 5.13 Å². The normalized spacial score (nSPS) is 10.4. The van der Waals surface area contributed by atoms with Crippen molar-refractivity contribution in [2.75, 3.05) is 11.1 Å². The number of hydrogen-bond donors (Lipinski definition) is 1. The van der Waals surface area contributed by atoms with Gasteiger partial charge in [-0.1, -0.05) is 23.7 Å². The molecule has 2 rings (SSSR count). The standard InChI is InChI=1S/C13H13ClN2OS2/c1-9-6-15-13(19-9)16-12(17)8-18-7-10-2-4-11(14)5-3-10/h2-6H,7-8H2,1H3,(H,15,16,17). The van der Waals surface area contributed by atoms with E-state index in [1.165, 1.54) is 11.3 Å². The molecule has 19 heavy (non-hydrogen) atoms. The predicted molar refractivity (Wildman–Crippen MR) is 83.1 cm³/mol. The van der Waals surface area contributed by atoms with Crippen molar-refractivity contribution in [3.63, 3.8) is 0 Å². The Morgan fingerprint density at radius 2 is 2.16 bits per heavy atom. The molecule has 0 saturated carbocycles. The highest BCUT2D eigenvalue weighted by atomic mass is 35.5. The highest BCUT2D eigenvalue weighted by Crippen LogP contribution is 2.18. The predicted octanol–water partition coefficient (Wildman–Crippen LogP) is 3.98. The number of anilines is 1. The quantitative estimate of drug-likeness (QED) is 0.908. The number of hydrogen-bond acceptors (Lipinski definition) is 4. The van der Waals surface area contributed by atoms with Crippen LogP contribution >= 0.6 is 34.7 Å². The summed E-state index contributed by atoms with van der Waals surface area (Å²) in [6.45, 7) is 1.96. The first-order chi connectivity index (χ1) is 9.13. The average Bonchev–Trinajstić information content (AvgIpc) is 2.77. The first-order valence-electron chi connectivity index (χ1n) is 5.68. The van der Waals surface area contributed by atoms with Gasteiger partial charge in [-0.3, -0.25) is 4.79 Å². The molecular weight excluding hydrogens is 300 g/mol. The number of aromatic nitrogens is 1. The maximum Gasteiger partial charge on any atom is 0.236 e. The number of aryl methyl sites for hydroxylation is 1. The summed E-state index contributed by atoms with van der Waals surface area (Å²) in [6.07, 6.45) is 1.75. The lowest BCUT2D eigenvalue weighted by atomic mass is 10.2. The van der Waals surface area contributed by atoms with Crippen molar-refractivity contribution in [1.82, 2.24) is 4.98 Å². The summed E-state index contributed by atoms with van der Waals surface area (Å²) in [6, 6.07) is 7.65. The summed E-state index contributed by atoms with van der Waals surface area (Å²) in [5.74, 6) is 1.19. The van der Waals surface area contributed by atoms with Crippen LogP contribution in [0, 0.1) is 6.92 Å². The van der Waals surface area contributed by atoms with Crippen LogP contribution in [0.2, 0.25) is 5.02 Å². The van der Waals surface area contributed by atoms with Gasteiger partial charge in [0, 0.05) is 21.8 Å². The molecular formula is C13H13ClN2OS2. The number of carbonyl (C=O) groups excluding carboxylic acids is 1. The Labute approximate surface area is 125 Å². The molecule has 0 unspecified atom stereocenters. The molecule has 0 aliphatic heterocycles. The minimum Gasteiger partial charge on any atom is -0.301 e. The Morgan fingerprint density at radius 1 is 1.42 bits per heavy atom. The van der Waals surface area contributed by atoms with Gasteiger partial charge in [-0.25, -0.2) is 4.98 Å². The molecule has 1 aromatic heterocycles. The molecule has 0 spiro atoms. The van der Waals surface area contributed by atoms with E-state index in [2.05, 4.69) is 10.3 Å². The van der Waals surface area contributed by atoms with E-state index in [9.17, 15) is 4.79 Å². The molecule has 1 N–H and O–H groups in total. The van der Waals surface area contributed by atoms with E-state index in [1.54, 1.807) is 18.0 Å². The molecule has 0 atom stereocenters. The second-order valence-corrected chi connectivity index (χ2v) is 6.60. The molecule has 3 nitrogen and oxygen atoms in total. The number of amides is 1. The van der Waals surface area contributed by atoms with Gasteiger partial charge >= 0.3 is 0 Å². The second-order valence-electron chi connectivity index (χ2n) is 3.94. The third-order valence-electron chi connectivity index (χ3n) is 2.28. The Balaban J connectivity index is 1.73. The van der Waals surface area contributed by atoms with E-state index >= 15 is 0 Å². The zero-order chi connectivity index (χ0) is 13.7. The first-order valence-corrected chi connectivity index (χ1v) is 8.03. The summed E-state index contributed by atoms with van der Waals surface area (Å²) in [7, 11) is 0. The summed E-state index contributed by atoms with van der Waals surface area (Å²) < 4.78 is 0. The fourth-order valence-electron chi connectivity index (χ4n) is 1.41. The van der Waals surface area contributed by atoms with E-state index in [0.29, 0.717) is 10.9 Å². The van der Waals surface area contributed by atoms with Crippen LogP contribution in [-0.4, -0.2) is 16.6 Å². The van der Waals surface area contributed by atoms with Gasteiger partial charge in [0.25, 0.3) is 0 Å². The van der Waals surface area contributed by atoms with Crippen LogP contribution in [0.5, 0.6) is 0 Å². The van der Waals surface area contributed by atoms with Crippen molar-refractivity contribution in [2.24, 2.45) is 0 Å². The maximum atomic E-state index is 11.7. The van der Waals surface area contributed by atoms with Gasteiger partial charge in [0.2, 0.25) is 5.91 Å². The molecule has 1 amide bonds. The Hall–Kier alpha value is -1.04. The molecule has 100 valence electrons. The fraction of sp³-hybridized carbons (Fsp3) is 0.231. The van der Waals surface area contributed by atoms with Crippen LogP contribution in [0.4, 0.5) is 5.13 Å². The zero-order valence-electron chi connectivity index (χ0n) is 10.4. The number of nitrogens with zero attached hydrogens (tertiary/aromatic N) is 1. The van der Waals surface area contributed by atoms with Crippen molar-refractivity contribution >= 4 is 45.7 Å². The van der Waals surface area contributed by atoms with Crippen molar-refractivity contribution in [2.45, 2.75) is 12.7 Å². The van der Waals surface area contributed by atoms with E-state index in [4.69, 9.17) is 11.6 Å². The smallest absolute Gasteiger partial charge is 0.236 e. The monoisotopic (exact) mass is 312 g/mol. The molecule has 1 aromatic carbocycles. The molecule has 1 heterocycles. The Bertz CT molecular complexity index is 554. The summed E-state index contributed by atoms with van der Waals surface area (Å²) in [5.41, 5.74) is 1.16. The minimum absolute atomic E-state index is 0.0201. The summed E-state index contributed by atoms with van der Waals surface area (Å²) >= 11 is 8.86. The lowest BCUT2D eigenvalue weighted by Crippen LogP contribution is -2.13. The molecule has 0 aliphatic rings. The third kappa shape index (κ3) is 4.86. The lowest BCUT2D eigenvalue weighted by molar-refractivity contribution is -0.113. The molecule has 0 aliphatic carbocycles. The summed E-state index contributed by atoms with van der Waals surface area (Å²) in [5, 5.41) is 4.17. The minimum atomic E-state index is -0.0201. The molecule has 0 fully saturated rings. The summed E-state index contributed by atoms with van der Waals surface area (Å²) in [4.78, 5) is 16.9. The van der Waals surface area contributed by atoms with Gasteiger partial charge < -0.3 is 5.32 Å². The van der Waals surface area contributed by atoms with Crippen LogP contribution in [-0.2, 0) is 10.5 Å². The number of thiazole rings is 1. The van der Waals surface area contributed by atoms with Crippen molar-refractivity contribution in [1.29, 1.82) is 0 Å². The highest BCUT2D eigenvalue weighted by molar-refractivity contribution is 7.99. The van der Waals surface area contributed by atoms with Crippen LogP contribution < -0.4 is 5.32 Å². The second kappa shape index (κ2) is 6.93. The van der Waals surface area contributed by atoms with E-state index in [-0.39, 0.29) is 5.91 Å². The van der Waals surface area contributed by atoms with Crippen LogP contribution in [0.3, 0.4) is 0 Å². The molecule has 2 aromatic rings. The van der Waals surface area contributed by atoms with Gasteiger partial charge in [-0.15, -0.1) is 23.1 Å². The first kappa shape index (κ1) is 14.4. The molecule has 0 radical (unpaired) electrons. The van der Waals surface area contributed by atoms with Gasteiger partial charge in [0.05, 0.1) is 5.75 Å². The van der Waals surface area contributed by atoms with Crippen LogP contribution in [0.25, 0.3) is 0 Å². The number of benzene rings is 1. The number of halogens is 1.